The number of carboxylic acids is 1. The third kappa shape index (κ3) is 3.86. The highest BCUT2D eigenvalue weighted by molar-refractivity contribution is 7.89. The van der Waals surface area contributed by atoms with Crippen LogP contribution in [0, 0.1) is 5.92 Å². The van der Waals surface area contributed by atoms with E-state index >= 15 is 4.48 Å². The second kappa shape index (κ2) is 9.29. The summed E-state index contributed by atoms with van der Waals surface area (Å²) in [6, 6.07) is 12.4. The number of ether oxygens (including phenoxy) is 1. The van der Waals surface area contributed by atoms with Crippen LogP contribution in [0.25, 0.3) is 0 Å². The molecule has 11 heteroatoms. The minimum atomic E-state index is -4.90. The number of halogens is 1. The molecule has 9 nitrogen and oxygen atoms in total. The van der Waals surface area contributed by atoms with Gasteiger partial charge in [-0.25, -0.2) is 13.2 Å². The second-order valence-electron chi connectivity index (χ2n) is 9.93. The van der Waals surface area contributed by atoms with E-state index in [1.54, 1.807) is 42.3 Å². The Kier molecular flexibility index (Phi) is 6.39. The van der Waals surface area contributed by atoms with E-state index in [1.165, 1.54) is 23.1 Å². The maximum atomic E-state index is 16.1. The minimum Gasteiger partial charge on any atom is -0.493 e. The average molecular weight is 532 g/mol. The Hall–Kier alpha value is -3.18. The van der Waals surface area contributed by atoms with Gasteiger partial charge in [-0.15, -0.1) is 4.48 Å². The average Bonchev–Trinajstić information content (AvgIpc) is 3.37. The van der Waals surface area contributed by atoms with Gasteiger partial charge < -0.3 is 19.6 Å². The number of fused-ring (bicyclic) bond motifs is 3. The zero-order chi connectivity index (χ0) is 26.5. The molecule has 2 heterocycles. The summed E-state index contributed by atoms with van der Waals surface area (Å²) in [6.07, 6.45) is 2.66. The molecule has 1 aliphatic carbocycles. The molecule has 0 radical (unpaired) electrons. The topological polar surface area (TPSA) is 107 Å². The number of urea groups is 1. The van der Waals surface area contributed by atoms with Crippen molar-refractivity contribution >= 4 is 22.0 Å². The minimum absolute atomic E-state index is 0.0755. The molecular formula is C26H30FN3O6S. The third-order valence-corrected chi connectivity index (χ3v) is 9.61. The lowest BCUT2D eigenvalue weighted by atomic mass is 10.0. The number of carboxylic acid groups (broad SMARTS) is 1. The molecule has 1 saturated heterocycles. The number of amides is 2. The van der Waals surface area contributed by atoms with Crippen LogP contribution in [0.2, 0.25) is 0 Å². The maximum Gasteiger partial charge on any atom is 0.329 e. The van der Waals surface area contributed by atoms with Crippen LogP contribution >= 0.6 is 0 Å². The van der Waals surface area contributed by atoms with Crippen LogP contribution in [0.15, 0.2) is 53.4 Å². The molecule has 5 rings (SSSR count). The van der Waals surface area contributed by atoms with Crippen molar-refractivity contribution in [3.8, 4) is 5.75 Å². The summed E-state index contributed by atoms with van der Waals surface area (Å²) >= 11 is 0. The normalized spacial score (nSPS) is 26.3. The maximum absolute atomic E-state index is 16.1. The standard InChI is InChI=1S/C26H30FN3O6S/c1-3-18-10-8-14-29(18)25(33)28(2)15-17-9-4-7-13-22(17)37(34,35)30(27)26(24(31)32)20-16-36-21-12-6-5-11-19(21)23(20)26/h4-7,9,11-13,18,20,23H,3,8,10,14-16H2,1-2H3,(H,31,32)/t18-,20?,23?,26?/m1/s1. The molecule has 2 amide bonds. The fourth-order valence-electron chi connectivity index (χ4n) is 6.00. The number of sulfonamides is 1. The quantitative estimate of drug-likeness (QED) is 0.547. The van der Waals surface area contributed by atoms with Crippen molar-refractivity contribution in [2.45, 2.75) is 55.1 Å². The van der Waals surface area contributed by atoms with E-state index in [4.69, 9.17) is 4.74 Å². The van der Waals surface area contributed by atoms with E-state index in [1.807, 2.05) is 6.92 Å². The van der Waals surface area contributed by atoms with Gasteiger partial charge in [-0.05, 0) is 41.5 Å². The Morgan fingerprint density at radius 3 is 2.62 bits per heavy atom. The first-order valence-corrected chi connectivity index (χ1v) is 13.9. The van der Waals surface area contributed by atoms with E-state index in [9.17, 15) is 23.1 Å². The van der Waals surface area contributed by atoms with E-state index in [-0.39, 0.29) is 35.7 Å². The fraction of sp³-hybridized carbons (Fsp3) is 0.462. The van der Waals surface area contributed by atoms with Gasteiger partial charge >= 0.3 is 12.0 Å². The molecule has 37 heavy (non-hydrogen) atoms. The van der Waals surface area contributed by atoms with Crippen LogP contribution < -0.4 is 4.74 Å². The van der Waals surface area contributed by atoms with Crippen molar-refractivity contribution in [2.75, 3.05) is 20.2 Å². The number of para-hydroxylation sites is 1. The summed E-state index contributed by atoms with van der Waals surface area (Å²) < 4.78 is 48.5. The Morgan fingerprint density at radius 2 is 1.89 bits per heavy atom. The van der Waals surface area contributed by atoms with Crippen LogP contribution in [0.3, 0.4) is 0 Å². The highest BCUT2D eigenvalue weighted by Gasteiger charge is 2.79. The lowest BCUT2D eigenvalue weighted by molar-refractivity contribution is -0.149. The van der Waals surface area contributed by atoms with Gasteiger partial charge in [0.1, 0.15) is 5.75 Å². The number of hydrogen-bond donors (Lipinski definition) is 1. The summed E-state index contributed by atoms with van der Waals surface area (Å²) in [6.45, 7) is 2.46. The number of rotatable bonds is 7. The highest BCUT2D eigenvalue weighted by atomic mass is 32.2. The Morgan fingerprint density at radius 1 is 1.19 bits per heavy atom. The van der Waals surface area contributed by atoms with Gasteiger partial charge in [-0.3, -0.25) is 4.79 Å². The fourth-order valence-corrected chi connectivity index (χ4v) is 7.61. The first kappa shape index (κ1) is 25.5. The lowest BCUT2D eigenvalue weighted by Gasteiger charge is -2.30. The van der Waals surface area contributed by atoms with Crippen LogP contribution in [-0.4, -0.2) is 71.6 Å². The van der Waals surface area contributed by atoms with Crippen molar-refractivity contribution in [3.63, 3.8) is 0 Å². The highest BCUT2D eigenvalue weighted by Crippen LogP contribution is 2.66. The lowest BCUT2D eigenvalue weighted by Crippen LogP contribution is -2.46. The van der Waals surface area contributed by atoms with E-state index in [0.29, 0.717) is 17.9 Å². The Labute approximate surface area is 215 Å². The largest absolute Gasteiger partial charge is 0.493 e. The SMILES string of the molecule is CC[C@@H]1CCCN1C(=O)N(C)Cc1ccccc1S(=O)(=O)N(F)C1(C(=O)O)C2COc3ccccc3C21. The van der Waals surface area contributed by atoms with Gasteiger partial charge in [0.25, 0.3) is 10.0 Å². The number of likely N-dealkylation sites (tertiary alicyclic amines) is 1. The van der Waals surface area contributed by atoms with Gasteiger partial charge in [-0.1, -0.05) is 43.3 Å². The van der Waals surface area contributed by atoms with Gasteiger partial charge in [-0.2, -0.15) is 0 Å². The molecule has 0 aromatic heterocycles. The number of hydrogen-bond acceptors (Lipinski definition) is 5. The van der Waals surface area contributed by atoms with Crippen LogP contribution in [-0.2, 0) is 21.4 Å². The molecule has 3 aliphatic rings. The molecule has 1 saturated carbocycles. The van der Waals surface area contributed by atoms with Crippen LogP contribution in [0.5, 0.6) is 5.75 Å². The number of aliphatic carboxylic acids is 1. The first-order valence-electron chi connectivity index (χ1n) is 12.4. The first-order chi connectivity index (χ1) is 17.6. The summed E-state index contributed by atoms with van der Waals surface area (Å²) in [5, 5.41) is 10.1. The number of benzene rings is 2. The Balaban J connectivity index is 1.45. The molecule has 4 atom stereocenters. The van der Waals surface area contributed by atoms with Crippen LogP contribution in [0.1, 0.15) is 43.2 Å². The van der Waals surface area contributed by atoms with Crippen molar-refractivity contribution in [1.29, 1.82) is 0 Å². The van der Waals surface area contributed by atoms with Gasteiger partial charge in [0.05, 0.1) is 11.5 Å². The van der Waals surface area contributed by atoms with Crippen LogP contribution in [0.4, 0.5) is 9.28 Å². The van der Waals surface area contributed by atoms with Crippen molar-refractivity contribution < 1.29 is 32.3 Å². The van der Waals surface area contributed by atoms with Gasteiger partial charge in [0.2, 0.25) is 0 Å². The smallest absolute Gasteiger partial charge is 0.329 e. The monoisotopic (exact) mass is 531 g/mol. The van der Waals surface area contributed by atoms with E-state index < -0.39 is 37.9 Å². The van der Waals surface area contributed by atoms with E-state index in [0.717, 1.165) is 19.3 Å². The molecule has 0 bridgehead atoms. The Bertz CT molecular complexity index is 1340. The zero-order valence-corrected chi connectivity index (χ0v) is 21.5. The zero-order valence-electron chi connectivity index (χ0n) is 20.7. The summed E-state index contributed by atoms with van der Waals surface area (Å²) in [7, 11) is -3.32. The number of nitrogens with zero attached hydrogens (tertiary/aromatic N) is 3. The van der Waals surface area contributed by atoms with Crippen molar-refractivity contribution in [2.24, 2.45) is 5.92 Å². The molecule has 1 N–H and O–H groups in total. The van der Waals surface area contributed by atoms with Gasteiger partial charge in [0.15, 0.2) is 5.54 Å². The predicted molar refractivity (Wildman–Crippen MR) is 132 cm³/mol. The predicted octanol–water partition coefficient (Wildman–Crippen LogP) is 3.62. The molecule has 2 fully saturated rings. The third-order valence-electron chi connectivity index (χ3n) is 7.93. The number of carbonyl (C=O) groups is 2. The van der Waals surface area contributed by atoms with Crippen molar-refractivity contribution in [3.05, 3.63) is 59.7 Å². The molecule has 0 spiro atoms. The summed E-state index contributed by atoms with van der Waals surface area (Å²) in [4.78, 5) is 28.4. The van der Waals surface area contributed by atoms with E-state index in [2.05, 4.69) is 0 Å². The molecule has 2 aliphatic heterocycles. The van der Waals surface area contributed by atoms with Gasteiger partial charge in [0, 0.05) is 43.6 Å². The summed E-state index contributed by atoms with van der Waals surface area (Å²) in [5.74, 6) is -2.91. The second-order valence-corrected chi connectivity index (χ2v) is 11.6. The molecule has 3 unspecified atom stereocenters. The molecule has 2 aromatic carbocycles. The molecular weight excluding hydrogens is 501 g/mol. The molecule has 198 valence electrons. The van der Waals surface area contributed by atoms with Crippen molar-refractivity contribution in [1.82, 2.24) is 14.3 Å². The number of carbonyl (C=O) groups excluding carboxylic acids is 1. The molecule has 2 aromatic rings. The summed E-state index contributed by atoms with van der Waals surface area (Å²) in [5.41, 5.74) is -1.65.